The van der Waals surface area contributed by atoms with E-state index in [2.05, 4.69) is 22.5 Å². The van der Waals surface area contributed by atoms with Crippen molar-refractivity contribution in [1.29, 1.82) is 0 Å². The van der Waals surface area contributed by atoms with Crippen molar-refractivity contribution in [3.63, 3.8) is 0 Å². The Morgan fingerprint density at radius 1 is 1.19 bits per heavy atom. The molecule has 0 aromatic heterocycles. The van der Waals surface area contributed by atoms with Crippen molar-refractivity contribution in [3.05, 3.63) is 93.6 Å². The zero-order chi connectivity index (χ0) is 23.5. The number of alkyl halides is 3. The van der Waals surface area contributed by atoms with Gasteiger partial charge in [0.25, 0.3) is 0 Å². The highest BCUT2D eigenvalue weighted by atomic mass is 79.9. The predicted molar refractivity (Wildman–Crippen MR) is 117 cm³/mol. The van der Waals surface area contributed by atoms with Gasteiger partial charge in [-0.25, -0.2) is 4.79 Å². The molecule has 0 saturated carbocycles. The predicted octanol–water partition coefficient (Wildman–Crippen LogP) is 5.99. The average molecular weight is 508 g/mol. The van der Waals surface area contributed by atoms with E-state index in [4.69, 9.17) is 4.74 Å². The average Bonchev–Trinajstić information content (AvgIpc) is 2.75. The number of benzene rings is 2. The molecule has 1 unspecified atom stereocenters. The van der Waals surface area contributed by atoms with E-state index in [-0.39, 0.29) is 31.1 Å². The van der Waals surface area contributed by atoms with E-state index in [9.17, 15) is 22.8 Å². The number of allylic oxidation sites excluding steroid dienone is 1. The summed E-state index contributed by atoms with van der Waals surface area (Å²) in [5.74, 6) is -1.56. The van der Waals surface area contributed by atoms with Crippen molar-refractivity contribution in [2.75, 3.05) is 6.61 Å². The van der Waals surface area contributed by atoms with Gasteiger partial charge < -0.3 is 9.64 Å². The Bertz CT molecular complexity index is 1040. The molecular formula is C24H21BrF3NO3. The molecule has 0 spiro atoms. The summed E-state index contributed by atoms with van der Waals surface area (Å²) in [5.41, 5.74) is 1.19. The third-order valence-electron chi connectivity index (χ3n) is 5.27. The molecule has 3 rings (SSSR count). The molecule has 8 heteroatoms. The molecule has 2 aromatic rings. The number of esters is 1. The third kappa shape index (κ3) is 5.30. The number of carbonyl (C=O) groups excluding carboxylic acids is 2. The first-order chi connectivity index (χ1) is 15.1. The van der Waals surface area contributed by atoms with Gasteiger partial charge in [0.15, 0.2) is 0 Å². The fourth-order valence-corrected chi connectivity index (χ4v) is 3.91. The van der Waals surface area contributed by atoms with E-state index < -0.39 is 23.6 Å². The number of carbonyl (C=O) groups is 2. The molecule has 1 aliphatic rings. The minimum Gasteiger partial charge on any atom is -0.458 e. The molecule has 0 N–H and O–H groups in total. The first-order valence-electron chi connectivity index (χ1n) is 9.82. The minimum atomic E-state index is -4.47. The summed E-state index contributed by atoms with van der Waals surface area (Å²) in [6.07, 6.45) is -3.11. The van der Waals surface area contributed by atoms with E-state index in [1.54, 1.807) is 6.92 Å². The van der Waals surface area contributed by atoms with Crippen molar-refractivity contribution < 1.29 is 27.5 Å². The van der Waals surface area contributed by atoms with Crippen LogP contribution in [0.5, 0.6) is 0 Å². The molecule has 4 nitrogen and oxygen atoms in total. The van der Waals surface area contributed by atoms with Gasteiger partial charge in [-0.1, -0.05) is 52.9 Å². The summed E-state index contributed by atoms with van der Waals surface area (Å²) in [6, 6.07) is 12.0. The Balaban J connectivity index is 2.00. The van der Waals surface area contributed by atoms with Crippen molar-refractivity contribution in [2.24, 2.45) is 0 Å². The molecule has 2 aromatic carbocycles. The summed E-state index contributed by atoms with van der Waals surface area (Å²) in [6.45, 7) is 5.42. The van der Waals surface area contributed by atoms with Crippen molar-refractivity contribution in [1.82, 2.24) is 4.90 Å². The molecule has 0 aliphatic carbocycles. The van der Waals surface area contributed by atoms with E-state index in [0.717, 1.165) is 22.2 Å². The number of hydrogen-bond acceptors (Lipinski definition) is 3. The number of nitrogens with zero attached hydrogens (tertiary/aromatic N) is 1. The number of amides is 1. The Morgan fingerprint density at radius 3 is 2.38 bits per heavy atom. The maximum absolute atomic E-state index is 13.0. The van der Waals surface area contributed by atoms with Crippen LogP contribution in [0.1, 0.15) is 36.0 Å². The summed E-state index contributed by atoms with van der Waals surface area (Å²) in [4.78, 5) is 27.4. The van der Waals surface area contributed by atoms with Gasteiger partial charge in [0.1, 0.15) is 6.61 Å². The number of rotatable bonds is 6. The Kier molecular flexibility index (Phi) is 7.23. The Morgan fingerprint density at radius 2 is 1.81 bits per heavy atom. The van der Waals surface area contributed by atoms with Gasteiger partial charge in [-0.2, -0.15) is 13.2 Å². The lowest BCUT2D eigenvalue weighted by molar-refractivity contribution is -0.140. The largest absolute Gasteiger partial charge is 0.458 e. The normalized spacial score (nSPS) is 16.8. The minimum absolute atomic E-state index is 0.0179. The molecule has 32 heavy (non-hydrogen) atoms. The monoisotopic (exact) mass is 507 g/mol. The van der Waals surface area contributed by atoms with Gasteiger partial charge >= 0.3 is 12.1 Å². The van der Waals surface area contributed by atoms with E-state index in [0.29, 0.717) is 11.3 Å². The van der Waals surface area contributed by atoms with Crippen LogP contribution in [-0.4, -0.2) is 23.4 Å². The molecule has 0 fully saturated rings. The van der Waals surface area contributed by atoms with E-state index >= 15 is 0 Å². The van der Waals surface area contributed by atoms with Crippen LogP contribution in [0.2, 0.25) is 0 Å². The third-order valence-corrected chi connectivity index (χ3v) is 5.80. The second-order valence-corrected chi connectivity index (χ2v) is 8.28. The SMILES string of the molecule is C=CCOC(=O)C1=C(C)N(Cc2ccc(Br)cc2)C(=O)CC1c1ccc(C(F)(F)F)cc1. The molecule has 168 valence electrons. The standard InChI is InChI=1S/C24H21BrF3NO3/c1-3-12-32-23(31)22-15(2)29(14-16-4-10-19(25)11-5-16)21(30)13-20(22)17-6-8-18(9-7-17)24(26,27)28/h3-11,20H,1,12-14H2,2H3. The van der Waals surface area contributed by atoms with Gasteiger partial charge in [-0.3, -0.25) is 4.79 Å². The maximum Gasteiger partial charge on any atom is 0.416 e. The summed E-state index contributed by atoms with van der Waals surface area (Å²) in [5, 5.41) is 0. The molecule has 0 radical (unpaired) electrons. The molecule has 1 amide bonds. The topological polar surface area (TPSA) is 46.6 Å². The van der Waals surface area contributed by atoms with Crippen LogP contribution in [0, 0.1) is 0 Å². The fourth-order valence-electron chi connectivity index (χ4n) is 3.64. The molecule has 1 aliphatic heterocycles. The highest BCUT2D eigenvalue weighted by Crippen LogP contribution is 2.39. The lowest BCUT2D eigenvalue weighted by atomic mass is 9.83. The maximum atomic E-state index is 13.0. The first-order valence-corrected chi connectivity index (χ1v) is 10.6. The molecule has 1 heterocycles. The second-order valence-electron chi connectivity index (χ2n) is 7.37. The van der Waals surface area contributed by atoms with Crippen LogP contribution in [0.25, 0.3) is 0 Å². The van der Waals surface area contributed by atoms with Crippen LogP contribution in [0.3, 0.4) is 0 Å². The number of hydrogen-bond donors (Lipinski definition) is 0. The van der Waals surface area contributed by atoms with Crippen LogP contribution in [0.15, 0.2) is 76.9 Å². The van der Waals surface area contributed by atoms with Crippen LogP contribution < -0.4 is 0 Å². The lowest BCUT2D eigenvalue weighted by Crippen LogP contribution is -2.38. The zero-order valence-electron chi connectivity index (χ0n) is 17.3. The first kappa shape index (κ1) is 23.8. The summed E-state index contributed by atoms with van der Waals surface area (Å²) >= 11 is 3.37. The smallest absolute Gasteiger partial charge is 0.416 e. The van der Waals surface area contributed by atoms with Gasteiger partial charge in [0, 0.05) is 22.5 Å². The van der Waals surface area contributed by atoms with Crippen LogP contribution in [0.4, 0.5) is 13.2 Å². The quantitative estimate of drug-likeness (QED) is 0.356. The molecule has 0 bridgehead atoms. The zero-order valence-corrected chi connectivity index (χ0v) is 18.9. The van der Waals surface area contributed by atoms with E-state index in [1.807, 2.05) is 24.3 Å². The second kappa shape index (κ2) is 9.73. The summed E-state index contributed by atoms with van der Waals surface area (Å²) < 4.78 is 45.0. The number of halogens is 4. The molecule has 1 atom stereocenters. The van der Waals surface area contributed by atoms with E-state index in [1.165, 1.54) is 23.1 Å². The van der Waals surface area contributed by atoms with Crippen molar-refractivity contribution in [3.8, 4) is 0 Å². The van der Waals surface area contributed by atoms with Gasteiger partial charge in [-0.15, -0.1) is 0 Å². The fraction of sp³-hybridized carbons (Fsp3) is 0.250. The molecule has 0 saturated heterocycles. The molecular weight excluding hydrogens is 487 g/mol. The highest BCUT2D eigenvalue weighted by molar-refractivity contribution is 9.10. The van der Waals surface area contributed by atoms with Crippen molar-refractivity contribution >= 4 is 27.8 Å². The summed E-state index contributed by atoms with van der Waals surface area (Å²) in [7, 11) is 0. The highest BCUT2D eigenvalue weighted by Gasteiger charge is 2.37. The van der Waals surface area contributed by atoms with Gasteiger partial charge in [0.05, 0.1) is 17.7 Å². The Labute approximate surface area is 192 Å². The van der Waals surface area contributed by atoms with Gasteiger partial charge in [-0.05, 0) is 42.3 Å². The van der Waals surface area contributed by atoms with Gasteiger partial charge in [0.2, 0.25) is 5.91 Å². The Hall–Kier alpha value is -2.87. The van der Waals surface area contributed by atoms with Crippen LogP contribution in [-0.2, 0) is 27.0 Å². The lowest BCUT2D eigenvalue weighted by Gasteiger charge is -2.34. The van der Waals surface area contributed by atoms with Crippen LogP contribution >= 0.6 is 15.9 Å². The van der Waals surface area contributed by atoms with Crippen molar-refractivity contribution in [2.45, 2.75) is 32.0 Å². The number of ether oxygens (including phenoxy) is 1.